The van der Waals surface area contributed by atoms with Crippen molar-refractivity contribution in [2.45, 2.75) is 16.7 Å². The number of carbonyl (C=O) groups is 1. The monoisotopic (exact) mass is 453 g/mol. The molecule has 0 atom stereocenters. The number of fused-ring (bicyclic) bond motifs is 1. The fourth-order valence-corrected chi connectivity index (χ4v) is 5.00. The molecule has 0 amide bonds. The number of benzene rings is 3. The highest BCUT2D eigenvalue weighted by atomic mass is 35.5. The van der Waals surface area contributed by atoms with Gasteiger partial charge in [-0.15, -0.1) is 0 Å². The quantitative estimate of drug-likeness (QED) is 0.508. The first kappa shape index (κ1) is 20.6. The minimum absolute atomic E-state index is 0.0370. The third-order valence-corrected chi connectivity index (χ3v) is 7.11. The summed E-state index contributed by atoms with van der Waals surface area (Å²) in [6.07, 6.45) is 1.54. The third kappa shape index (κ3) is 4.26. The van der Waals surface area contributed by atoms with Crippen molar-refractivity contribution in [2.75, 3.05) is 0 Å². The van der Waals surface area contributed by atoms with E-state index in [1.54, 1.807) is 30.3 Å². The number of sulfonamides is 1. The van der Waals surface area contributed by atoms with Gasteiger partial charge in [0.05, 0.1) is 15.5 Å². The van der Waals surface area contributed by atoms with Crippen LogP contribution >= 0.6 is 23.4 Å². The Kier molecular flexibility index (Phi) is 5.64. The molecular weight excluding hydrogens is 438 g/mol. The average Bonchev–Trinajstić information content (AvgIpc) is 2.73. The van der Waals surface area contributed by atoms with Gasteiger partial charge in [-0.05, 0) is 49.4 Å². The van der Waals surface area contributed by atoms with E-state index >= 15 is 0 Å². The fraction of sp³-hybridized carbons (Fsp3) is 0.0435. The molecule has 1 aliphatic rings. The van der Waals surface area contributed by atoms with Crippen LogP contribution in [0.3, 0.4) is 0 Å². The number of Topliss-reactive ketones (excluding diaryl/α,β-unsaturated/α-hetero) is 1. The van der Waals surface area contributed by atoms with E-state index in [4.69, 9.17) is 11.6 Å². The van der Waals surface area contributed by atoms with Crippen molar-refractivity contribution in [1.29, 1.82) is 0 Å². The van der Waals surface area contributed by atoms with Crippen LogP contribution in [-0.2, 0) is 10.0 Å². The third-order valence-electron chi connectivity index (χ3n) is 4.52. The lowest BCUT2D eigenvalue weighted by Gasteiger charge is -2.17. The average molecular weight is 454 g/mol. The van der Waals surface area contributed by atoms with Crippen LogP contribution in [0.15, 0.2) is 98.0 Å². The van der Waals surface area contributed by atoms with Gasteiger partial charge in [0.15, 0.2) is 5.78 Å². The van der Waals surface area contributed by atoms with Crippen molar-refractivity contribution in [1.82, 2.24) is 0 Å². The van der Waals surface area contributed by atoms with E-state index in [1.165, 1.54) is 36.0 Å². The van der Waals surface area contributed by atoms with Gasteiger partial charge in [0.25, 0.3) is 10.0 Å². The van der Waals surface area contributed by atoms with Crippen molar-refractivity contribution < 1.29 is 13.2 Å². The van der Waals surface area contributed by atoms with Crippen LogP contribution < -0.4 is 0 Å². The highest BCUT2D eigenvalue weighted by Crippen LogP contribution is 2.34. The molecule has 0 aromatic heterocycles. The second-order valence-electron chi connectivity index (χ2n) is 6.70. The van der Waals surface area contributed by atoms with Crippen molar-refractivity contribution in [2.24, 2.45) is 4.40 Å². The van der Waals surface area contributed by atoms with Crippen LogP contribution in [0.2, 0.25) is 5.02 Å². The Labute approximate surface area is 184 Å². The molecule has 0 saturated carbocycles. The minimum Gasteiger partial charge on any atom is -0.288 e. The Hall–Kier alpha value is -2.67. The largest absolute Gasteiger partial charge is 0.288 e. The maximum atomic E-state index is 13.0. The van der Waals surface area contributed by atoms with Crippen molar-refractivity contribution in [3.8, 4) is 0 Å². The number of hydrogen-bond donors (Lipinski definition) is 0. The summed E-state index contributed by atoms with van der Waals surface area (Å²) in [7, 11) is -3.97. The molecular formula is C23H16ClNO3S2. The van der Waals surface area contributed by atoms with E-state index in [0.29, 0.717) is 21.1 Å². The van der Waals surface area contributed by atoms with E-state index in [-0.39, 0.29) is 16.4 Å². The zero-order valence-corrected chi connectivity index (χ0v) is 18.3. The minimum atomic E-state index is -3.97. The van der Waals surface area contributed by atoms with Gasteiger partial charge < -0.3 is 0 Å². The molecule has 3 aromatic rings. The molecule has 150 valence electrons. The number of carbonyl (C=O) groups excluding carboxylic acids is 1. The predicted octanol–water partition coefficient (Wildman–Crippen LogP) is 5.70. The van der Waals surface area contributed by atoms with Crippen LogP contribution in [0.1, 0.15) is 21.5 Å². The molecule has 0 unspecified atom stereocenters. The van der Waals surface area contributed by atoms with E-state index < -0.39 is 10.0 Å². The van der Waals surface area contributed by atoms with E-state index in [2.05, 4.69) is 4.40 Å². The molecule has 1 aliphatic carbocycles. The first-order valence-corrected chi connectivity index (χ1v) is 11.7. The maximum absolute atomic E-state index is 13.0. The highest BCUT2D eigenvalue weighted by Gasteiger charge is 2.26. The molecule has 0 aliphatic heterocycles. The normalized spacial score (nSPS) is 15.1. The van der Waals surface area contributed by atoms with E-state index in [1.807, 2.05) is 31.2 Å². The highest BCUT2D eigenvalue weighted by molar-refractivity contribution is 8.04. The summed E-state index contributed by atoms with van der Waals surface area (Å²) in [6, 6.07) is 20.5. The Bertz CT molecular complexity index is 1290. The SMILES string of the molecule is Cc1ccc(SC2=CC(=NS(=O)(=O)c3ccc(Cl)cc3)c3ccccc3C2=O)cc1. The Morgan fingerprint density at radius 1 is 0.867 bits per heavy atom. The lowest BCUT2D eigenvalue weighted by Crippen LogP contribution is -2.17. The molecule has 0 saturated heterocycles. The molecule has 0 heterocycles. The molecule has 4 nitrogen and oxygen atoms in total. The van der Waals surface area contributed by atoms with Crippen LogP contribution in [0.4, 0.5) is 0 Å². The Morgan fingerprint density at radius 2 is 1.50 bits per heavy atom. The van der Waals surface area contributed by atoms with Gasteiger partial charge >= 0.3 is 0 Å². The number of thioether (sulfide) groups is 1. The Morgan fingerprint density at radius 3 is 2.17 bits per heavy atom. The first-order valence-electron chi connectivity index (χ1n) is 9.04. The van der Waals surface area contributed by atoms with Crippen LogP contribution in [0.5, 0.6) is 0 Å². The van der Waals surface area contributed by atoms with Crippen LogP contribution in [0.25, 0.3) is 0 Å². The van der Waals surface area contributed by atoms with Gasteiger partial charge in [-0.2, -0.15) is 12.8 Å². The lowest BCUT2D eigenvalue weighted by atomic mass is 9.94. The summed E-state index contributed by atoms with van der Waals surface area (Å²) >= 11 is 7.15. The topological polar surface area (TPSA) is 63.6 Å². The number of allylic oxidation sites excluding steroid dienone is 2. The summed E-state index contributed by atoms with van der Waals surface area (Å²) in [5.41, 5.74) is 2.27. The van der Waals surface area contributed by atoms with E-state index in [0.717, 1.165) is 10.5 Å². The second kappa shape index (κ2) is 8.22. The Balaban J connectivity index is 1.80. The zero-order valence-electron chi connectivity index (χ0n) is 15.9. The van der Waals surface area contributed by atoms with Gasteiger partial charge in [0.2, 0.25) is 0 Å². The van der Waals surface area contributed by atoms with Gasteiger partial charge in [0, 0.05) is 21.0 Å². The summed E-state index contributed by atoms with van der Waals surface area (Å²) < 4.78 is 29.8. The second-order valence-corrected chi connectivity index (χ2v) is 9.86. The van der Waals surface area contributed by atoms with Crippen molar-refractivity contribution in [3.63, 3.8) is 0 Å². The van der Waals surface area contributed by atoms with Gasteiger partial charge in [-0.3, -0.25) is 4.79 Å². The molecule has 0 spiro atoms. The fourth-order valence-electron chi connectivity index (χ4n) is 2.98. The number of rotatable bonds is 4. The molecule has 0 radical (unpaired) electrons. The molecule has 7 heteroatoms. The van der Waals surface area contributed by atoms with Gasteiger partial charge in [-0.25, -0.2) is 0 Å². The molecule has 3 aromatic carbocycles. The van der Waals surface area contributed by atoms with Crippen molar-refractivity contribution >= 4 is 44.9 Å². The molecule has 4 rings (SSSR count). The summed E-state index contributed by atoms with van der Waals surface area (Å²) in [5.74, 6) is -0.154. The summed E-state index contributed by atoms with van der Waals surface area (Å²) in [4.78, 5) is 14.3. The molecule has 0 fully saturated rings. The van der Waals surface area contributed by atoms with Gasteiger partial charge in [-0.1, -0.05) is 65.3 Å². The number of hydrogen-bond acceptors (Lipinski definition) is 4. The smallest absolute Gasteiger partial charge is 0.282 e. The van der Waals surface area contributed by atoms with E-state index in [9.17, 15) is 13.2 Å². The number of aryl methyl sites for hydroxylation is 1. The first-order chi connectivity index (χ1) is 14.3. The maximum Gasteiger partial charge on any atom is 0.282 e. The summed E-state index contributed by atoms with van der Waals surface area (Å²) in [6.45, 7) is 1.99. The molecule has 30 heavy (non-hydrogen) atoms. The number of halogens is 1. The standard InChI is InChI=1S/C23H16ClNO3S2/c1-15-6-10-17(11-7-15)29-22-14-21(19-4-2-3-5-20(19)23(22)26)25-30(27,28)18-12-8-16(24)9-13-18/h2-14H,1H3. The molecule has 0 N–H and O–H groups in total. The zero-order chi connectivity index (χ0) is 21.3. The predicted molar refractivity (Wildman–Crippen MR) is 121 cm³/mol. The lowest BCUT2D eigenvalue weighted by molar-refractivity contribution is 0.104. The van der Waals surface area contributed by atoms with Crippen LogP contribution in [-0.4, -0.2) is 19.9 Å². The van der Waals surface area contributed by atoms with Crippen molar-refractivity contribution in [3.05, 3.63) is 105 Å². The molecule has 0 bridgehead atoms. The number of ketones is 1. The van der Waals surface area contributed by atoms with Gasteiger partial charge in [0.1, 0.15) is 0 Å². The summed E-state index contributed by atoms with van der Waals surface area (Å²) in [5, 5.41) is 0.437. The van der Waals surface area contributed by atoms with Crippen LogP contribution in [0, 0.1) is 6.92 Å². The number of nitrogens with zero attached hydrogens (tertiary/aromatic N) is 1.